The van der Waals surface area contributed by atoms with Crippen LogP contribution in [0.3, 0.4) is 0 Å². The van der Waals surface area contributed by atoms with Gasteiger partial charge in [-0.2, -0.15) is 0 Å². The smallest absolute Gasteiger partial charge is 0.241 e. The van der Waals surface area contributed by atoms with Gasteiger partial charge < -0.3 is 5.32 Å². The van der Waals surface area contributed by atoms with Crippen LogP contribution in [0.25, 0.3) is 0 Å². The summed E-state index contributed by atoms with van der Waals surface area (Å²) < 4.78 is 0. The first-order valence-electron chi connectivity index (χ1n) is 9.91. The monoisotopic (exact) mass is 420 g/mol. The van der Waals surface area contributed by atoms with Gasteiger partial charge in [-0.05, 0) is 43.1 Å². The predicted octanol–water partition coefficient (Wildman–Crippen LogP) is 5.42. The van der Waals surface area contributed by atoms with Gasteiger partial charge in [0.1, 0.15) is 0 Å². The molecule has 1 saturated heterocycles. The zero-order valence-corrected chi connectivity index (χ0v) is 17.6. The Kier molecular flexibility index (Phi) is 7.39. The van der Waals surface area contributed by atoms with Gasteiger partial charge in [-0.1, -0.05) is 73.3 Å². The third kappa shape index (κ3) is 5.15. The van der Waals surface area contributed by atoms with Crippen LogP contribution in [0.5, 0.6) is 0 Å². The Hall–Kier alpha value is -2.95. The van der Waals surface area contributed by atoms with E-state index in [-0.39, 0.29) is 17.7 Å². The minimum absolute atomic E-state index is 0.118. The lowest BCUT2D eigenvalue weighted by atomic mass is 10.0. The summed E-state index contributed by atoms with van der Waals surface area (Å²) in [6.45, 7) is 8.90. The largest absolute Gasteiger partial charge is 0.324 e. The molecule has 2 aromatic carbocycles. The molecular weight excluding hydrogens is 396 g/mol. The van der Waals surface area contributed by atoms with E-state index in [9.17, 15) is 9.59 Å². The molecule has 1 heterocycles. The van der Waals surface area contributed by atoms with E-state index in [2.05, 4.69) is 35.5 Å². The number of nitrogens with zero attached hydrogens (tertiary/aromatic N) is 1. The molecule has 0 bridgehead atoms. The van der Waals surface area contributed by atoms with Crippen molar-refractivity contribution in [3.63, 3.8) is 0 Å². The van der Waals surface area contributed by atoms with E-state index in [0.717, 1.165) is 19.4 Å². The lowest BCUT2D eigenvalue weighted by Gasteiger charge is -2.24. The molecule has 1 unspecified atom stereocenters. The van der Waals surface area contributed by atoms with Crippen molar-refractivity contribution in [2.45, 2.75) is 25.4 Å². The maximum atomic E-state index is 13.1. The molecule has 0 aliphatic carbocycles. The Balaban J connectivity index is 1.81. The second-order valence-electron chi connectivity index (χ2n) is 7.18. The van der Waals surface area contributed by atoms with Crippen LogP contribution in [0.15, 0.2) is 85.5 Å². The highest BCUT2D eigenvalue weighted by atomic mass is 35.5. The first-order valence-corrected chi connectivity index (χ1v) is 10.3. The second kappa shape index (κ2) is 10.2. The van der Waals surface area contributed by atoms with Crippen molar-refractivity contribution in [1.82, 2.24) is 4.90 Å². The molecular formula is C25H25ClN2O2. The molecule has 30 heavy (non-hydrogen) atoms. The number of carbonyl (C=O) groups excluding carboxylic acids is 2. The Bertz CT molecular complexity index is 982. The van der Waals surface area contributed by atoms with E-state index < -0.39 is 0 Å². The molecule has 1 amide bonds. The molecule has 3 rings (SSSR count). The minimum atomic E-state index is -0.268. The van der Waals surface area contributed by atoms with Crippen molar-refractivity contribution in [1.29, 1.82) is 0 Å². The molecule has 0 aromatic heterocycles. The summed E-state index contributed by atoms with van der Waals surface area (Å²) in [5, 5.41) is 3.37. The summed E-state index contributed by atoms with van der Waals surface area (Å²) in [5.74, 6) is -0.386. The topological polar surface area (TPSA) is 49.4 Å². The number of Topliss-reactive ketones (excluding diaryl/α,β-unsaturated/α-hetero) is 1. The first-order chi connectivity index (χ1) is 14.5. The number of nitrogens with one attached hydrogen (secondary N) is 1. The number of carbonyl (C=O) groups is 2. The van der Waals surface area contributed by atoms with Crippen molar-refractivity contribution < 1.29 is 9.59 Å². The lowest BCUT2D eigenvalue weighted by molar-refractivity contribution is -0.120. The molecule has 0 saturated carbocycles. The maximum Gasteiger partial charge on any atom is 0.241 e. The third-order valence-corrected chi connectivity index (χ3v) is 5.39. The number of rotatable bonds is 8. The number of halogens is 1. The van der Waals surface area contributed by atoms with Crippen LogP contribution in [-0.4, -0.2) is 29.2 Å². The zero-order chi connectivity index (χ0) is 21.5. The van der Waals surface area contributed by atoms with Gasteiger partial charge in [0.05, 0.1) is 11.7 Å². The van der Waals surface area contributed by atoms with Gasteiger partial charge in [-0.3, -0.25) is 14.5 Å². The highest BCUT2D eigenvalue weighted by molar-refractivity contribution is 6.31. The van der Waals surface area contributed by atoms with Gasteiger partial charge in [0, 0.05) is 22.7 Å². The average molecular weight is 421 g/mol. The van der Waals surface area contributed by atoms with Gasteiger partial charge in [0.25, 0.3) is 0 Å². The van der Waals surface area contributed by atoms with Gasteiger partial charge in [0.15, 0.2) is 5.78 Å². The molecule has 1 fully saturated rings. The number of amides is 1. The van der Waals surface area contributed by atoms with Gasteiger partial charge in [0.2, 0.25) is 5.91 Å². The molecule has 4 nitrogen and oxygen atoms in total. The van der Waals surface area contributed by atoms with E-state index in [0.29, 0.717) is 28.4 Å². The summed E-state index contributed by atoms with van der Waals surface area (Å²) in [5.41, 5.74) is 2.33. The fourth-order valence-corrected chi connectivity index (χ4v) is 3.85. The predicted molar refractivity (Wildman–Crippen MR) is 123 cm³/mol. The minimum Gasteiger partial charge on any atom is -0.324 e. The number of anilines is 1. The van der Waals surface area contributed by atoms with E-state index in [4.69, 9.17) is 11.6 Å². The summed E-state index contributed by atoms with van der Waals surface area (Å²) in [4.78, 5) is 28.2. The van der Waals surface area contributed by atoms with Crippen LogP contribution in [-0.2, 0) is 11.3 Å². The Morgan fingerprint density at radius 1 is 1.17 bits per heavy atom. The molecule has 1 aliphatic heterocycles. The van der Waals surface area contributed by atoms with Crippen molar-refractivity contribution in [3.8, 4) is 0 Å². The first kappa shape index (κ1) is 21.8. The number of hydrogen-bond donors (Lipinski definition) is 1. The molecule has 1 N–H and O–H groups in total. The maximum absolute atomic E-state index is 13.1. The number of benzene rings is 2. The van der Waals surface area contributed by atoms with E-state index in [1.807, 2.05) is 18.2 Å². The lowest BCUT2D eigenvalue weighted by Crippen LogP contribution is -2.39. The van der Waals surface area contributed by atoms with Crippen molar-refractivity contribution >= 4 is 29.0 Å². The summed E-state index contributed by atoms with van der Waals surface area (Å²) in [7, 11) is 0. The number of ketones is 1. The molecule has 1 atom stereocenters. The quantitative estimate of drug-likeness (QED) is 0.352. The van der Waals surface area contributed by atoms with Gasteiger partial charge in [-0.25, -0.2) is 0 Å². The van der Waals surface area contributed by atoms with E-state index in [1.54, 1.807) is 24.3 Å². The number of hydrogen-bond acceptors (Lipinski definition) is 3. The molecule has 154 valence electrons. The van der Waals surface area contributed by atoms with Crippen LogP contribution < -0.4 is 5.32 Å². The highest BCUT2D eigenvalue weighted by Crippen LogP contribution is 2.26. The Morgan fingerprint density at radius 2 is 1.93 bits per heavy atom. The van der Waals surface area contributed by atoms with Gasteiger partial charge >= 0.3 is 0 Å². The average Bonchev–Trinajstić information content (AvgIpc) is 3.21. The molecule has 5 heteroatoms. The number of allylic oxidation sites excluding steroid dienone is 4. The van der Waals surface area contributed by atoms with Crippen LogP contribution in [0, 0.1) is 0 Å². The van der Waals surface area contributed by atoms with Crippen molar-refractivity contribution in [2.75, 3.05) is 11.9 Å². The third-order valence-electron chi connectivity index (χ3n) is 5.16. The standard InChI is InChI=1S/C25H25ClN2O2/c1-3-9-19(4-2)24(29)21-16-20(26)13-14-22(21)27-25(30)23-12-8-15-28(23)17-18-10-6-5-7-11-18/h3-7,9-11,13-14,16,23H,1-2,8,12,15,17H2,(H,27,30)/b19-9+. The number of likely N-dealkylation sites (tertiary alicyclic amines) is 1. The summed E-state index contributed by atoms with van der Waals surface area (Å²) in [6, 6.07) is 14.8. The molecule has 0 radical (unpaired) electrons. The van der Waals surface area contributed by atoms with Crippen molar-refractivity contribution in [3.05, 3.63) is 102 Å². The highest BCUT2D eigenvalue weighted by Gasteiger charge is 2.31. The van der Waals surface area contributed by atoms with Crippen LogP contribution in [0.4, 0.5) is 5.69 Å². The Labute approximate surface area is 182 Å². The van der Waals surface area contributed by atoms with Crippen LogP contribution in [0.2, 0.25) is 5.02 Å². The van der Waals surface area contributed by atoms with Crippen LogP contribution in [0.1, 0.15) is 28.8 Å². The van der Waals surface area contributed by atoms with E-state index >= 15 is 0 Å². The summed E-state index contributed by atoms with van der Waals surface area (Å²) >= 11 is 6.12. The zero-order valence-electron chi connectivity index (χ0n) is 16.8. The molecule has 2 aromatic rings. The van der Waals surface area contributed by atoms with Crippen LogP contribution >= 0.6 is 11.6 Å². The fraction of sp³-hybridized carbons (Fsp3) is 0.200. The Morgan fingerprint density at radius 3 is 2.63 bits per heavy atom. The normalized spacial score (nSPS) is 16.8. The fourth-order valence-electron chi connectivity index (χ4n) is 3.68. The summed E-state index contributed by atoms with van der Waals surface area (Å²) in [6.07, 6.45) is 6.32. The molecule has 1 aliphatic rings. The SMILES string of the molecule is C=C/C=C(\C=C)C(=O)c1cc(Cl)ccc1NC(=O)C1CCCN1Cc1ccccc1. The van der Waals surface area contributed by atoms with E-state index in [1.165, 1.54) is 17.7 Å². The van der Waals surface area contributed by atoms with Crippen molar-refractivity contribution in [2.24, 2.45) is 0 Å². The molecule has 0 spiro atoms. The van der Waals surface area contributed by atoms with Gasteiger partial charge in [-0.15, -0.1) is 0 Å². The second-order valence-corrected chi connectivity index (χ2v) is 7.62.